The quantitative estimate of drug-likeness (QED) is 0.512. The van der Waals surface area contributed by atoms with Crippen LogP contribution in [-0.4, -0.2) is 5.16 Å². The summed E-state index contributed by atoms with van der Waals surface area (Å²) in [4.78, 5) is 10.6. The lowest BCUT2D eigenvalue weighted by Gasteiger charge is -2.14. The summed E-state index contributed by atoms with van der Waals surface area (Å²) in [7, 11) is 0. The minimum Gasteiger partial charge on any atom is -0.356 e. The molecule has 0 spiro atoms. The number of aryl methyl sites for hydroxylation is 2. The Bertz CT molecular complexity index is 854. The zero-order valence-corrected chi connectivity index (χ0v) is 14.9. The van der Waals surface area contributed by atoms with Gasteiger partial charge in [-0.1, -0.05) is 38.1 Å². The second-order valence-corrected chi connectivity index (χ2v) is 6.04. The molecule has 1 aromatic heterocycles. The lowest BCUT2D eigenvalue weighted by molar-refractivity contribution is 0.432. The Kier molecular flexibility index (Phi) is 5.08. The maximum absolute atomic E-state index is 10.6. The van der Waals surface area contributed by atoms with Crippen LogP contribution in [0.2, 0.25) is 0 Å². The highest BCUT2D eigenvalue weighted by atomic mass is 16.5. The van der Waals surface area contributed by atoms with Gasteiger partial charge in [0.2, 0.25) is 0 Å². The first kappa shape index (κ1) is 17.1. The first-order valence-corrected chi connectivity index (χ1v) is 8.75. The van der Waals surface area contributed by atoms with Gasteiger partial charge in [0, 0.05) is 11.1 Å². The molecule has 3 rings (SSSR count). The Hall–Kier alpha value is -2.75. The number of nitrogens with zero attached hydrogens (tertiary/aromatic N) is 2. The van der Waals surface area contributed by atoms with Gasteiger partial charge in [0.05, 0.1) is 6.20 Å². The largest absolute Gasteiger partial charge is 0.356 e. The van der Waals surface area contributed by atoms with E-state index in [1.165, 1.54) is 16.7 Å². The van der Waals surface area contributed by atoms with Gasteiger partial charge < -0.3 is 4.52 Å². The van der Waals surface area contributed by atoms with E-state index in [0.29, 0.717) is 5.69 Å². The Morgan fingerprint density at radius 3 is 2.08 bits per heavy atom. The molecule has 0 amide bonds. The van der Waals surface area contributed by atoms with Crippen LogP contribution in [0.3, 0.4) is 0 Å². The average molecular weight is 334 g/mol. The molecule has 0 atom stereocenters. The van der Waals surface area contributed by atoms with Crippen LogP contribution >= 0.6 is 0 Å². The normalized spacial score (nSPS) is 10.8. The number of benzene rings is 2. The van der Waals surface area contributed by atoms with Crippen molar-refractivity contribution in [1.82, 2.24) is 5.16 Å². The number of hydrogen-bond acceptors (Lipinski definition) is 4. The highest BCUT2D eigenvalue weighted by Gasteiger charge is 2.16. The van der Waals surface area contributed by atoms with Crippen molar-refractivity contribution in [2.24, 2.45) is 5.18 Å². The van der Waals surface area contributed by atoms with Gasteiger partial charge >= 0.3 is 0 Å². The summed E-state index contributed by atoms with van der Waals surface area (Å²) < 4.78 is 5.60. The van der Waals surface area contributed by atoms with Gasteiger partial charge in [-0.15, -0.1) is 4.91 Å². The van der Waals surface area contributed by atoms with E-state index >= 15 is 0 Å². The van der Waals surface area contributed by atoms with Crippen molar-refractivity contribution in [3.05, 3.63) is 64.2 Å². The van der Waals surface area contributed by atoms with Crippen molar-refractivity contribution < 1.29 is 4.52 Å². The Labute approximate surface area is 147 Å². The maximum Gasteiger partial charge on any atom is 0.174 e. The molecule has 0 saturated carbocycles. The monoisotopic (exact) mass is 334 g/mol. The van der Waals surface area contributed by atoms with E-state index in [-0.39, 0.29) is 0 Å². The molecule has 1 heterocycles. The first-order valence-electron chi connectivity index (χ1n) is 8.75. The molecular formula is C21H22N2O2. The molecular weight excluding hydrogens is 312 g/mol. The molecule has 0 saturated heterocycles. The number of nitroso groups, excluding NO2 is 1. The molecule has 0 bridgehead atoms. The smallest absolute Gasteiger partial charge is 0.174 e. The Balaban J connectivity index is 2.11. The van der Waals surface area contributed by atoms with Crippen molar-refractivity contribution in [2.75, 3.05) is 0 Å². The third kappa shape index (κ3) is 3.25. The van der Waals surface area contributed by atoms with Crippen molar-refractivity contribution in [3.8, 4) is 22.5 Å². The van der Waals surface area contributed by atoms with Crippen LogP contribution in [0.5, 0.6) is 0 Å². The molecule has 0 radical (unpaired) electrons. The van der Waals surface area contributed by atoms with Crippen molar-refractivity contribution in [3.63, 3.8) is 0 Å². The van der Waals surface area contributed by atoms with Gasteiger partial charge in [-0.3, -0.25) is 0 Å². The van der Waals surface area contributed by atoms with Gasteiger partial charge in [-0.05, 0) is 71.0 Å². The van der Waals surface area contributed by atoms with E-state index in [1.54, 1.807) is 18.3 Å². The standard InChI is InChI=1S/C21H22N2O2/c1-4-14-11-17(12-15(5-2)19(14)6-3)21-20(13-22-25-21)16-7-9-18(23-24)10-8-16/h7-13H,4-6H2,1-3H3. The fourth-order valence-corrected chi connectivity index (χ4v) is 3.37. The fraction of sp³-hybridized carbons (Fsp3) is 0.286. The predicted octanol–water partition coefficient (Wildman–Crippen LogP) is 6.09. The van der Waals surface area contributed by atoms with E-state index in [2.05, 4.69) is 43.2 Å². The molecule has 0 aliphatic heterocycles. The van der Waals surface area contributed by atoms with E-state index < -0.39 is 0 Å². The van der Waals surface area contributed by atoms with Crippen LogP contribution in [0, 0.1) is 4.91 Å². The van der Waals surface area contributed by atoms with E-state index in [0.717, 1.165) is 41.7 Å². The minimum absolute atomic E-state index is 0.413. The minimum atomic E-state index is 0.413. The highest BCUT2D eigenvalue weighted by Crippen LogP contribution is 2.35. The van der Waals surface area contributed by atoms with Crippen LogP contribution in [0.4, 0.5) is 5.69 Å². The van der Waals surface area contributed by atoms with Gasteiger partial charge in [-0.25, -0.2) is 0 Å². The molecule has 0 fully saturated rings. The molecule has 4 nitrogen and oxygen atoms in total. The van der Waals surface area contributed by atoms with E-state index in [1.807, 2.05) is 12.1 Å². The molecule has 25 heavy (non-hydrogen) atoms. The van der Waals surface area contributed by atoms with Crippen molar-refractivity contribution in [2.45, 2.75) is 40.0 Å². The zero-order chi connectivity index (χ0) is 17.8. The first-order chi connectivity index (χ1) is 12.2. The number of aromatic nitrogens is 1. The second kappa shape index (κ2) is 7.43. The lowest BCUT2D eigenvalue weighted by atomic mass is 9.91. The fourth-order valence-electron chi connectivity index (χ4n) is 3.37. The lowest BCUT2D eigenvalue weighted by Crippen LogP contribution is -1.99. The van der Waals surface area contributed by atoms with Gasteiger partial charge in [0.25, 0.3) is 0 Å². The predicted molar refractivity (Wildman–Crippen MR) is 101 cm³/mol. The zero-order valence-electron chi connectivity index (χ0n) is 14.9. The van der Waals surface area contributed by atoms with Crippen molar-refractivity contribution >= 4 is 5.69 Å². The van der Waals surface area contributed by atoms with Crippen LogP contribution in [0.15, 0.2) is 52.3 Å². The third-order valence-corrected chi connectivity index (χ3v) is 4.67. The van der Waals surface area contributed by atoms with Crippen LogP contribution < -0.4 is 0 Å². The number of hydrogen-bond donors (Lipinski definition) is 0. The summed E-state index contributed by atoms with van der Waals surface area (Å²) in [6.45, 7) is 6.57. The molecule has 128 valence electrons. The summed E-state index contributed by atoms with van der Waals surface area (Å²) in [5.74, 6) is 0.763. The Morgan fingerprint density at radius 2 is 1.56 bits per heavy atom. The highest BCUT2D eigenvalue weighted by molar-refractivity contribution is 5.80. The van der Waals surface area contributed by atoms with Gasteiger partial charge in [-0.2, -0.15) is 0 Å². The molecule has 0 N–H and O–H groups in total. The molecule has 3 aromatic rings. The summed E-state index contributed by atoms with van der Waals surface area (Å²) in [6, 6.07) is 11.6. The summed E-state index contributed by atoms with van der Waals surface area (Å²) in [5, 5.41) is 6.96. The Morgan fingerprint density at radius 1 is 0.920 bits per heavy atom. The second-order valence-electron chi connectivity index (χ2n) is 6.04. The van der Waals surface area contributed by atoms with E-state index in [4.69, 9.17) is 4.52 Å². The van der Waals surface area contributed by atoms with Crippen molar-refractivity contribution in [1.29, 1.82) is 0 Å². The molecule has 0 aliphatic rings. The summed E-state index contributed by atoms with van der Waals surface area (Å²) in [5.41, 5.74) is 7.51. The van der Waals surface area contributed by atoms with E-state index in [9.17, 15) is 4.91 Å². The topological polar surface area (TPSA) is 55.5 Å². The maximum atomic E-state index is 10.6. The van der Waals surface area contributed by atoms with Crippen LogP contribution in [0.1, 0.15) is 37.5 Å². The molecule has 4 heteroatoms. The van der Waals surface area contributed by atoms with Crippen LogP contribution in [-0.2, 0) is 19.3 Å². The molecule has 0 aliphatic carbocycles. The molecule has 0 unspecified atom stereocenters. The summed E-state index contributed by atoms with van der Waals surface area (Å²) in [6.07, 6.45) is 4.75. The van der Waals surface area contributed by atoms with Crippen LogP contribution in [0.25, 0.3) is 22.5 Å². The molecule has 2 aromatic carbocycles. The summed E-state index contributed by atoms with van der Waals surface area (Å²) >= 11 is 0. The SMILES string of the molecule is CCc1cc(-c2oncc2-c2ccc(N=O)cc2)cc(CC)c1CC. The van der Waals surface area contributed by atoms with Gasteiger partial charge in [0.1, 0.15) is 5.69 Å². The average Bonchev–Trinajstić information content (AvgIpc) is 3.16. The van der Waals surface area contributed by atoms with Gasteiger partial charge in [0.15, 0.2) is 5.76 Å². The third-order valence-electron chi connectivity index (χ3n) is 4.67. The number of rotatable bonds is 6.